The zero-order valence-electron chi connectivity index (χ0n) is 13.3. The molecule has 0 bridgehead atoms. The molecule has 3 heterocycles. The molecule has 0 aliphatic rings. The largest absolute Gasteiger partial charge is 0.310 e. The van der Waals surface area contributed by atoms with Crippen LogP contribution in [0.3, 0.4) is 0 Å². The summed E-state index contributed by atoms with van der Waals surface area (Å²) in [6.45, 7) is 2.37. The average molecular weight is 337 g/mol. The van der Waals surface area contributed by atoms with E-state index in [-0.39, 0.29) is 5.56 Å². The highest BCUT2D eigenvalue weighted by atomic mass is 32.2. The molecule has 4 aromatic rings. The molecule has 0 aliphatic heterocycles. The van der Waals surface area contributed by atoms with Gasteiger partial charge in [0.25, 0.3) is 11.3 Å². The monoisotopic (exact) mass is 337 g/mol. The summed E-state index contributed by atoms with van der Waals surface area (Å²) in [5.74, 6) is 0.518. The van der Waals surface area contributed by atoms with Crippen molar-refractivity contribution in [2.24, 2.45) is 0 Å². The van der Waals surface area contributed by atoms with Gasteiger partial charge in [0, 0.05) is 6.20 Å². The zero-order valence-corrected chi connectivity index (χ0v) is 14.1. The molecule has 7 heteroatoms. The molecule has 6 nitrogen and oxygen atoms in total. The third kappa shape index (κ3) is 2.37. The van der Waals surface area contributed by atoms with Crippen molar-refractivity contribution in [1.29, 1.82) is 0 Å². The van der Waals surface area contributed by atoms with E-state index in [9.17, 15) is 4.79 Å². The van der Waals surface area contributed by atoms with E-state index >= 15 is 0 Å². The summed E-state index contributed by atoms with van der Waals surface area (Å²) in [4.78, 5) is 21.7. The first kappa shape index (κ1) is 14.9. The summed E-state index contributed by atoms with van der Waals surface area (Å²) < 4.78 is 3.34. The van der Waals surface area contributed by atoms with Crippen LogP contribution in [0.25, 0.3) is 16.7 Å². The van der Waals surface area contributed by atoms with Gasteiger partial charge in [-0.3, -0.25) is 4.79 Å². The van der Waals surface area contributed by atoms with Crippen LogP contribution in [-0.2, 0) is 6.54 Å². The van der Waals surface area contributed by atoms with Crippen LogP contribution in [0.5, 0.6) is 0 Å². The second-order valence-corrected chi connectivity index (χ2v) is 6.28. The van der Waals surface area contributed by atoms with Crippen LogP contribution >= 0.6 is 11.8 Å². The van der Waals surface area contributed by atoms with Gasteiger partial charge in [-0.25, -0.2) is 4.98 Å². The Morgan fingerprint density at radius 3 is 2.67 bits per heavy atom. The summed E-state index contributed by atoms with van der Waals surface area (Å²) in [6, 6.07) is 11.8. The third-order valence-corrected chi connectivity index (χ3v) is 4.49. The lowest BCUT2D eigenvalue weighted by Crippen LogP contribution is -2.22. The Kier molecular flexibility index (Phi) is 3.57. The normalized spacial score (nSPS) is 11.4. The summed E-state index contributed by atoms with van der Waals surface area (Å²) >= 11 is 1.45. The van der Waals surface area contributed by atoms with Crippen LogP contribution in [0.2, 0.25) is 0 Å². The minimum absolute atomic E-state index is 0.0653. The Balaban J connectivity index is 1.94. The second kappa shape index (κ2) is 5.76. The number of aryl methyl sites for hydroxylation is 1. The molecule has 0 atom stereocenters. The van der Waals surface area contributed by atoms with Crippen LogP contribution < -0.4 is 5.56 Å². The van der Waals surface area contributed by atoms with E-state index in [0.717, 1.165) is 11.1 Å². The van der Waals surface area contributed by atoms with Crippen LogP contribution in [0, 0.1) is 6.92 Å². The number of pyridine rings is 1. The summed E-state index contributed by atoms with van der Waals surface area (Å²) in [5.41, 5.74) is 2.42. The van der Waals surface area contributed by atoms with E-state index in [0.29, 0.717) is 28.6 Å². The molecule has 0 spiro atoms. The topological polar surface area (TPSA) is 65.1 Å². The van der Waals surface area contributed by atoms with Crippen molar-refractivity contribution in [3.63, 3.8) is 0 Å². The van der Waals surface area contributed by atoms with Gasteiger partial charge in [0.1, 0.15) is 0 Å². The number of rotatable bonds is 3. The number of nitrogens with zero attached hydrogens (tertiary/aromatic N) is 5. The Bertz CT molecular complexity index is 1100. The molecule has 0 aliphatic carbocycles. The highest BCUT2D eigenvalue weighted by Gasteiger charge is 2.14. The number of thioether (sulfide) groups is 1. The number of hydrogen-bond donors (Lipinski definition) is 0. The first-order chi connectivity index (χ1) is 11.7. The van der Waals surface area contributed by atoms with Crippen LogP contribution in [0.4, 0.5) is 0 Å². The first-order valence-electron chi connectivity index (χ1n) is 7.52. The highest BCUT2D eigenvalue weighted by molar-refractivity contribution is 7.98. The molecule has 4 rings (SSSR count). The van der Waals surface area contributed by atoms with Gasteiger partial charge in [0.05, 0.1) is 23.1 Å². The average Bonchev–Trinajstić information content (AvgIpc) is 3.01. The molecule has 3 aromatic heterocycles. The van der Waals surface area contributed by atoms with Gasteiger partial charge in [-0.05, 0) is 24.8 Å². The lowest BCUT2D eigenvalue weighted by atomic mass is 10.2. The van der Waals surface area contributed by atoms with Gasteiger partial charge in [0.15, 0.2) is 0 Å². The Hall–Kier alpha value is -2.67. The molecule has 0 amide bonds. The molecule has 0 unspecified atom stereocenters. The van der Waals surface area contributed by atoms with Gasteiger partial charge < -0.3 is 4.57 Å². The van der Waals surface area contributed by atoms with Crippen LogP contribution in [-0.4, -0.2) is 30.4 Å². The van der Waals surface area contributed by atoms with Crippen molar-refractivity contribution >= 4 is 28.4 Å². The van der Waals surface area contributed by atoms with Crippen molar-refractivity contribution in [3.05, 3.63) is 64.2 Å². The van der Waals surface area contributed by atoms with Gasteiger partial charge in [0.2, 0.25) is 5.16 Å². The van der Waals surface area contributed by atoms with E-state index < -0.39 is 0 Å². The lowest BCUT2D eigenvalue weighted by molar-refractivity contribution is 0.764. The van der Waals surface area contributed by atoms with E-state index in [1.165, 1.54) is 11.8 Å². The molecule has 1 aromatic carbocycles. The lowest BCUT2D eigenvalue weighted by Gasteiger charge is -2.09. The van der Waals surface area contributed by atoms with Gasteiger partial charge in [-0.1, -0.05) is 42.1 Å². The first-order valence-corrected chi connectivity index (χ1v) is 8.74. The second-order valence-electron chi connectivity index (χ2n) is 5.50. The Morgan fingerprint density at radius 1 is 1.12 bits per heavy atom. The van der Waals surface area contributed by atoms with Crippen molar-refractivity contribution in [2.75, 3.05) is 6.26 Å². The molecule has 120 valence electrons. The predicted molar refractivity (Wildman–Crippen MR) is 94.6 cm³/mol. The summed E-state index contributed by atoms with van der Waals surface area (Å²) in [7, 11) is 0. The molecule has 0 saturated heterocycles. The Morgan fingerprint density at radius 2 is 1.92 bits per heavy atom. The van der Waals surface area contributed by atoms with E-state index in [4.69, 9.17) is 0 Å². The fraction of sp³-hybridized carbons (Fsp3) is 0.176. The maximum absolute atomic E-state index is 12.9. The highest BCUT2D eigenvalue weighted by Crippen LogP contribution is 2.17. The van der Waals surface area contributed by atoms with E-state index in [2.05, 4.69) is 15.1 Å². The van der Waals surface area contributed by atoms with E-state index in [1.54, 1.807) is 15.3 Å². The molecule has 0 N–H and O–H groups in total. The number of aromatic nitrogens is 5. The summed E-state index contributed by atoms with van der Waals surface area (Å²) in [6.07, 6.45) is 3.72. The number of fused-ring (bicyclic) bond motifs is 3. The smallest absolute Gasteiger partial charge is 0.262 e. The van der Waals surface area contributed by atoms with Crippen LogP contribution in [0.1, 0.15) is 11.3 Å². The third-order valence-electron chi connectivity index (χ3n) is 3.95. The van der Waals surface area contributed by atoms with Crippen molar-refractivity contribution in [2.45, 2.75) is 18.6 Å². The quantitative estimate of drug-likeness (QED) is 0.538. The minimum Gasteiger partial charge on any atom is -0.310 e. The molecular formula is C17H15N5OS. The molecular weight excluding hydrogens is 322 g/mol. The minimum atomic E-state index is -0.0653. The fourth-order valence-electron chi connectivity index (χ4n) is 2.80. The Labute approximate surface area is 142 Å². The number of hydrogen-bond acceptors (Lipinski definition) is 5. The van der Waals surface area contributed by atoms with Gasteiger partial charge >= 0.3 is 0 Å². The molecule has 0 radical (unpaired) electrons. The molecule has 0 fully saturated rings. The molecule has 0 saturated carbocycles. The van der Waals surface area contributed by atoms with Crippen LogP contribution in [0.15, 0.2) is 52.5 Å². The predicted octanol–water partition coefficient (Wildman–Crippen LogP) is 2.52. The van der Waals surface area contributed by atoms with Gasteiger partial charge in [-0.15, -0.1) is 5.10 Å². The summed E-state index contributed by atoms with van der Waals surface area (Å²) in [5, 5.41) is 5.64. The maximum atomic E-state index is 12.9. The zero-order chi connectivity index (χ0) is 16.7. The van der Waals surface area contributed by atoms with Crippen molar-refractivity contribution in [3.8, 4) is 0 Å². The fourth-order valence-corrected chi connectivity index (χ4v) is 3.13. The number of benzene rings is 1. The van der Waals surface area contributed by atoms with Crippen molar-refractivity contribution < 1.29 is 0 Å². The van der Waals surface area contributed by atoms with Crippen molar-refractivity contribution in [1.82, 2.24) is 24.1 Å². The standard InChI is InChI=1S/C17H15N5OS/c1-11-14-13(22-16(18-11)19-17(20-22)24-2)8-9-21(15(14)23)10-12-6-4-3-5-7-12/h3-9H,10H2,1-2H3. The SMILES string of the molecule is CSc1nc2nc(C)c3c(=O)n(Cc4ccccc4)ccc3n2n1. The van der Waals surface area contributed by atoms with E-state index in [1.807, 2.05) is 49.6 Å². The molecule has 24 heavy (non-hydrogen) atoms. The van der Waals surface area contributed by atoms with Gasteiger partial charge in [-0.2, -0.15) is 9.50 Å². The maximum Gasteiger partial charge on any atom is 0.262 e.